The largest absolute Gasteiger partial charge is 0.399 e. The van der Waals surface area contributed by atoms with Crippen LogP contribution in [0.25, 0.3) is 10.9 Å². The van der Waals surface area contributed by atoms with Crippen LogP contribution < -0.4 is 11.3 Å². The number of hydrogen-bond acceptors (Lipinski definition) is 4. The van der Waals surface area contributed by atoms with E-state index in [0.29, 0.717) is 35.3 Å². The maximum atomic E-state index is 12.7. The van der Waals surface area contributed by atoms with Crippen molar-refractivity contribution in [2.45, 2.75) is 32.2 Å². The van der Waals surface area contributed by atoms with E-state index >= 15 is 0 Å². The first kappa shape index (κ1) is 13.5. The maximum Gasteiger partial charge on any atom is 0.262 e. The first-order chi connectivity index (χ1) is 9.97. The second-order valence-electron chi connectivity index (χ2n) is 5.56. The quantitative estimate of drug-likeness (QED) is 0.642. The second-order valence-corrected chi connectivity index (χ2v) is 5.56. The van der Waals surface area contributed by atoms with Crippen LogP contribution in [-0.4, -0.2) is 15.3 Å². The van der Waals surface area contributed by atoms with E-state index in [4.69, 9.17) is 5.73 Å². The van der Waals surface area contributed by atoms with Crippen LogP contribution in [-0.2, 0) is 4.79 Å². The third-order valence-corrected chi connectivity index (χ3v) is 3.98. The average Bonchev–Trinajstić information content (AvgIpc) is 2.40. The van der Waals surface area contributed by atoms with Crippen LogP contribution in [0.5, 0.6) is 0 Å². The molecule has 1 aromatic heterocycles. The van der Waals surface area contributed by atoms with Crippen LogP contribution in [0.15, 0.2) is 35.1 Å². The molecule has 1 aliphatic carbocycles. The van der Waals surface area contributed by atoms with E-state index in [0.717, 1.165) is 12.0 Å². The summed E-state index contributed by atoms with van der Waals surface area (Å²) in [4.78, 5) is 29.4. The molecule has 0 radical (unpaired) electrons. The highest BCUT2D eigenvalue weighted by molar-refractivity contribution is 5.87. The van der Waals surface area contributed by atoms with Crippen molar-refractivity contribution in [1.82, 2.24) is 9.55 Å². The number of hydrogen-bond donors (Lipinski definition) is 1. The minimum atomic E-state index is -0.433. The lowest BCUT2D eigenvalue weighted by atomic mass is 9.90. The SMILES string of the molecule is C=C1CCC(n2c(C)nc3cc(N)ccc3c2=O)C(=O)C1. The van der Waals surface area contributed by atoms with Gasteiger partial charge >= 0.3 is 0 Å². The molecule has 21 heavy (non-hydrogen) atoms. The third kappa shape index (κ3) is 2.24. The lowest BCUT2D eigenvalue weighted by Gasteiger charge is -2.25. The molecule has 5 nitrogen and oxygen atoms in total. The number of benzene rings is 1. The first-order valence-electron chi connectivity index (χ1n) is 6.95. The van der Waals surface area contributed by atoms with Gasteiger partial charge < -0.3 is 5.73 Å². The molecule has 3 rings (SSSR count). The predicted octanol–water partition coefficient (Wildman–Crippen LogP) is 2.14. The van der Waals surface area contributed by atoms with Gasteiger partial charge in [-0.3, -0.25) is 14.2 Å². The van der Waals surface area contributed by atoms with Crippen molar-refractivity contribution in [3.05, 3.63) is 46.5 Å². The van der Waals surface area contributed by atoms with Crippen LogP contribution >= 0.6 is 0 Å². The van der Waals surface area contributed by atoms with Crippen molar-refractivity contribution in [2.24, 2.45) is 0 Å². The van der Waals surface area contributed by atoms with Gasteiger partial charge in [-0.05, 0) is 38.0 Å². The predicted molar refractivity (Wildman–Crippen MR) is 82.2 cm³/mol. The van der Waals surface area contributed by atoms with Gasteiger partial charge in [-0.1, -0.05) is 12.2 Å². The highest BCUT2D eigenvalue weighted by Gasteiger charge is 2.28. The molecule has 0 aliphatic heterocycles. The Balaban J connectivity index is 2.19. The molecule has 0 spiro atoms. The van der Waals surface area contributed by atoms with E-state index in [1.807, 2.05) is 0 Å². The highest BCUT2D eigenvalue weighted by Crippen LogP contribution is 2.28. The molecule has 1 heterocycles. The molecule has 0 bridgehead atoms. The zero-order chi connectivity index (χ0) is 15.1. The van der Waals surface area contributed by atoms with Crippen LogP contribution in [0.2, 0.25) is 0 Å². The van der Waals surface area contributed by atoms with Crippen LogP contribution in [0.1, 0.15) is 31.1 Å². The Morgan fingerprint density at radius 1 is 1.38 bits per heavy atom. The first-order valence-corrected chi connectivity index (χ1v) is 6.95. The van der Waals surface area contributed by atoms with Gasteiger partial charge in [0.05, 0.1) is 16.9 Å². The van der Waals surface area contributed by atoms with Gasteiger partial charge in [0.25, 0.3) is 5.56 Å². The van der Waals surface area contributed by atoms with Crippen molar-refractivity contribution in [1.29, 1.82) is 0 Å². The van der Waals surface area contributed by atoms with Crippen LogP contribution in [0.4, 0.5) is 5.69 Å². The Bertz CT molecular complexity index is 820. The molecule has 1 aliphatic rings. The number of nitrogens with zero attached hydrogens (tertiary/aromatic N) is 2. The molecule has 2 N–H and O–H groups in total. The smallest absolute Gasteiger partial charge is 0.262 e. The fraction of sp³-hybridized carbons (Fsp3) is 0.312. The molecule has 108 valence electrons. The molecular formula is C16H17N3O2. The Hall–Kier alpha value is -2.43. The minimum absolute atomic E-state index is 0.0352. The number of Topliss-reactive ketones (excluding diaryl/α,β-unsaturated/α-hetero) is 1. The fourth-order valence-electron chi connectivity index (χ4n) is 2.92. The summed E-state index contributed by atoms with van der Waals surface area (Å²) in [6.07, 6.45) is 1.72. The van der Waals surface area contributed by atoms with Gasteiger partial charge in [0.1, 0.15) is 5.82 Å². The van der Waals surface area contributed by atoms with Crippen molar-refractivity contribution >= 4 is 22.4 Å². The summed E-state index contributed by atoms with van der Waals surface area (Å²) in [7, 11) is 0. The Kier molecular flexibility index (Phi) is 3.12. The summed E-state index contributed by atoms with van der Waals surface area (Å²) in [5.74, 6) is 0.581. The number of rotatable bonds is 1. The van der Waals surface area contributed by atoms with Gasteiger partial charge in [-0.25, -0.2) is 4.98 Å². The summed E-state index contributed by atoms with van der Waals surface area (Å²) in [6.45, 7) is 5.61. The van der Waals surface area contributed by atoms with E-state index in [1.54, 1.807) is 25.1 Å². The molecule has 1 unspecified atom stereocenters. The highest BCUT2D eigenvalue weighted by atomic mass is 16.1. The van der Waals surface area contributed by atoms with Gasteiger partial charge in [0.15, 0.2) is 5.78 Å². The number of allylic oxidation sites excluding steroid dienone is 1. The molecular weight excluding hydrogens is 266 g/mol. The van der Waals surface area contributed by atoms with Crippen molar-refractivity contribution in [2.75, 3.05) is 5.73 Å². The van der Waals surface area contributed by atoms with Gasteiger partial charge in [0, 0.05) is 12.1 Å². The average molecular weight is 283 g/mol. The normalized spacial score (nSPS) is 19.2. The summed E-state index contributed by atoms with van der Waals surface area (Å²) in [5, 5.41) is 0.493. The number of nitrogen functional groups attached to an aromatic ring is 1. The van der Waals surface area contributed by atoms with E-state index in [2.05, 4.69) is 11.6 Å². The number of aryl methyl sites for hydroxylation is 1. The van der Waals surface area contributed by atoms with Gasteiger partial charge in [-0.15, -0.1) is 0 Å². The van der Waals surface area contributed by atoms with Crippen LogP contribution in [0.3, 0.4) is 0 Å². The zero-order valence-electron chi connectivity index (χ0n) is 11.9. The number of anilines is 1. The number of nitrogens with two attached hydrogens (primary N) is 1. The van der Waals surface area contributed by atoms with E-state index < -0.39 is 6.04 Å². The number of carbonyl (C=O) groups is 1. The Morgan fingerprint density at radius 2 is 2.14 bits per heavy atom. The fourth-order valence-corrected chi connectivity index (χ4v) is 2.92. The second kappa shape index (κ2) is 4.84. The lowest BCUT2D eigenvalue weighted by molar-refractivity contribution is -0.122. The molecule has 0 saturated heterocycles. The van der Waals surface area contributed by atoms with Gasteiger partial charge in [0.2, 0.25) is 0 Å². The van der Waals surface area contributed by atoms with Crippen molar-refractivity contribution in [3.63, 3.8) is 0 Å². The maximum absolute atomic E-state index is 12.7. The Morgan fingerprint density at radius 3 is 2.86 bits per heavy atom. The van der Waals surface area contributed by atoms with E-state index in [-0.39, 0.29) is 11.3 Å². The number of ketones is 1. The molecule has 1 fully saturated rings. The van der Waals surface area contributed by atoms with Crippen molar-refractivity contribution < 1.29 is 4.79 Å². The topological polar surface area (TPSA) is 78.0 Å². The molecule has 1 atom stereocenters. The summed E-state index contributed by atoms with van der Waals surface area (Å²) in [6, 6.07) is 4.59. The summed E-state index contributed by atoms with van der Waals surface area (Å²) in [5.41, 5.74) is 7.62. The van der Waals surface area contributed by atoms with Crippen LogP contribution in [0, 0.1) is 6.92 Å². The molecule has 1 aromatic carbocycles. The van der Waals surface area contributed by atoms with Crippen molar-refractivity contribution in [3.8, 4) is 0 Å². The molecule has 1 saturated carbocycles. The number of carbonyl (C=O) groups excluding carboxylic acids is 1. The third-order valence-electron chi connectivity index (χ3n) is 3.98. The van der Waals surface area contributed by atoms with E-state index in [9.17, 15) is 9.59 Å². The number of aromatic nitrogens is 2. The minimum Gasteiger partial charge on any atom is -0.399 e. The summed E-state index contributed by atoms with van der Waals surface area (Å²) < 4.78 is 1.52. The molecule has 5 heteroatoms. The molecule has 2 aromatic rings. The summed E-state index contributed by atoms with van der Waals surface area (Å²) >= 11 is 0. The zero-order valence-corrected chi connectivity index (χ0v) is 11.9. The number of fused-ring (bicyclic) bond motifs is 1. The van der Waals surface area contributed by atoms with E-state index in [1.165, 1.54) is 4.57 Å². The Labute approximate surface area is 122 Å². The lowest BCUT2D eigenvalue weighted by Crippen LogP contribution is -2.34. The monoisotopic (exact) mass is 283 g/mol. The standard InChI is InChI=1S/C16H17N3O2/c1-9-3-6-14(15(20)7-9)19-10(2)18-13-8-11(17)4-5-12(13)16(19)21/h4-5,8,14H,1,3,6-7,17H2,2H3. The molecule has 0 amide bonds. The van der Waals surface area contributed by atoms with Gasteiger partial charge in [-0.2, -0.15) is 0 Å².